The number of hydrogen-bond acceptors (Lipinski definition) is 3. The molecular weight excluding hydrogens is 338 g/mol. The van der Waals surface area contributed by atoms with Crippen molar-refractivity contribution >= 4 is 5.91 Å². The Balaban J connectivity index is 2.14. The molecule has 2 aromatic rings. The molecule has 146 valence electrons. The van der Waals surface area contributed by atoms with Gasteiger partial charge in [-0.05, 0) is 68.0 Å². The fourth-order valence-corrected chi connectivity index (χ4v) is 3.11. The minimum atomic E-state index is -0.515. The highest BCUT2D eigenvalue weighted by molar-refractivity contribution is 5.81. The van der Waals surface area contributed by atoms with E-state index in [4.69, 9.17) is 9.47 Å². The van der Waals surface area contributed by atoms with Crippen LogP contribution in [0.4, 0.5) is 0 Å². The Labute approximate surface area is 162 Å². The second-order valence-electron chi connectivity index (χ2n) is 6.98. The molecule has 2 unspecified atom stereocenters. The monoisotopic (exact) mass is 369 g/mol. The predicted molar refractivity (Wildman–Crippen MR) is 110 cm³/mol. The summed E-state index contributed by atoms with van der Waals surface area (Å²) >= 11 is 0. The second-order valence-corrected chi connectivity index (χ2v) is 6.98. The molecule has 0 saturated carbocycles. The lowest BCUT2D eigenvalue weighted by Gasteiger charge is -2.23. The van der Waals surface area contributed by atoms with Crippen molar-refractivity contribution < 1.29 is 14.3 Å². The predicted octanol–water partition coefficient (Wildman–Crippen LogP) is 5.05. The summed E-state index contributed by atoms with van der Waals surface area (Å²) in [6, 6.07) is 12.0. The number of amides is 1. The van der Waals surface area contributed by atoms with Crippen molar-refractivity contribution in [1.82, 2.24) is 5.32 Å². The van der Waals surface area contributed by atoms with E-state index in [1.165, 1.54) is 0 Å². The summed E-state index contributed by atoms with van der Waals surface area (Å²) < 4.78 is 11.4. The van der Waals surface area contributed by atoms with Crippen LogP contribution in [0, 0.1) is 20.8 Å². The van der Waals surface area contributed by atoms with Gasteiger partial charge in [0.25, 0.3) is 5.91 Å². The van der Waals surface area contributed by atoms with Crippen molar-refractivity contribution in [2.75, 3.05) is 7.11 Å². The third kappa shape index (κ3) is 5.25. The lowest BCUT2D eigenvalue weighted by Crippen LogP contribution is -2.40. The smallest absolute Gasteiger partial charge is 0.261 e. The number of carbonyl (C=O) groups excluding carboxylic acids is 1. The molecule has 2 aromatic carbocycles. The first-order valence-corrected chi connectivity index (χ1v) is 9.58. The molecule has 0 aliphatic rings. The standard InChI is InChI=1S/C23H31NO3/c1-7-19(18-11-12-21(26-6)17(5)14-18)24-23(25)20(8-2)27-22-13-15(3)9-10-16(22)4/h9-14,19-20H,7-8H2,1-6H3,(H,24,25). The van der Waals surface area contributed by atoms with Crippen LogP contribution in [0.5, 0.6) is 11.5 Å². The van der Waals surface area contributed by atoms with Crippen LogP contribution in [0.3, 0.4) is 0 Å². The third-order valence-electron chi connectivity index (χ3n) is 4.82. The first-order valence-electron chi connectivity index (χ1n) is 9.58. The van der Waals surface area contributed by atoms with Gasteiger partial charge >= 0.3 is 0 Å². The molecule has 0 saturated heterocycles. The summed E-state index contributed by atoms with van der Waals surface area (Å²) in [5, 5.41) is 3.15. The van der Waals surface area contributed by atoms with Crippen LogP contribution in [-0.2, 0) is 4.79 Å². The maximum absolute atomic E-state index is 12.9. The second kappa shape index (κ2) is 9.45. The van der Waals surface area contributed by atoms with Gasteiger partial charge in [-0.3, -0.25) is 4.79 Å². The van der Waals surface area contributed by atoms with Gasteiger partial charge in [0.05, 0.1) is 13.2 Å². The van der Waals surface area contributed by atoms with Crippen LogP contribution in [0.15, 0.2) is 36.4 Å². The molecule has 0 aliphatic carbocycles. The molecule has 4 heteroatoms. The zero-order valence-electron chi connectivity index (χ0n) is 17.3. The Kier molecular flexibility index (Phi) is 7.28. The Bertz CT molecular complexity index is 785. The summed E-state index contributed by atoms with van der Waals surface area (Å²) in [6.07, 6.45) is 0.897. The topological polar surface area (TPSA) is 47.6 Å². The first kappa shape index (κ1) is 20.8. The number of rotatable bonds is 8. The number of carbonyl (C=O) groups is 1. The average molecular weight is 370 g/mol. The Morgan fingerprint density at radius 3 is 2.30 bits per heavy atom. The summed E-state index contributed by atoms with van der Waals surface area (Å²) in [5.74, 6) is 1.54. The molecule has 2 atom stereocenters. The van der Waals surface area contributed by atoms with E-state index in [1.807, 2.05) is 58.0 Å². The third-order valence-corrected chi connectivity index (χ3v) is 4.82. The lowest BCUT2D eigenvalue weighted by atomic mass is 10.0. The van der Waals surface area contributed by atoms with Gasteiger partial charge in [0.1, 0.15) is 11.5 Å². The Morgan fingerprint density at radius 2 is 1.70 bits per heavy atom. The lowest BCUT2D eigenvalue weighted by molar-refractivity contribution is -0.129. The van der Waals surface area contributed by atoms with Gasteiger partial charge in [-0.1, -0.05) is 38.1 Å². The number of hydrogen-bond donors (Lipinski definition) is 1. The van der Waals surface area contributed by atoms with E-state index in [0.717, 1.165) is 40.2 Å². The molecule has 0 fully saturated rings. The molecule has 1 N–H and O–H groups in total. The van der Waals surface area contributed by atoms with Gasteiger partial charge < -0.3 is 14.8 Å². The fraction of sp³-hybridized carbons (Fsp3) is 0.435. The molecule has 0 spiro atoms. The van der Waals surface area contributed by atoms with Crippen molar-refractivity contribution in [3.05, 3.63) is 58.7 Å². The van der Waals surface area contributed by atoms with Crippen LogP contribution in [-0.4, -0.2) is 19.1 Å². The van der Waals surface area contributed by atoms with Crippen molar-refractivity contribution in [3.8, 4) is 11.5 Å². The molecule has 2 rings (SSSR count). The van der Waals surface area contributed by atoms with Crippen LogP contribution >= 0.6 is 0 Å². The largest absolute Gasteiger partial charge is 0.496 e. The average Bonchev–Trinajstić information content (AvgIpc) is 2.66. The molecule has 0 radical (unpaired) electrons. The van der Waals surface area contributed by atoms with Gasteiger partial charge in [-0.25, -0.2) is 0 Å². The van der Waals surface area contributed by atoms with Crippen LogP contribution in [0.25, 0.3) is 0 Å². The highest BCUT2D eigenvalue weighted by atomic mass is 16.5. The highest BCUT2D eigenvalue weighted by Gasteiger charge is 2.23. The van der Waals surface area contributed by atoms with E-state index in [9.17, 15) is 4.79 Å². The van der Waals surface area contributed by atoms with Gasteiger partial charge in [0, 0.05) is 0 Å². The minimum absolute atomic E-state index is 0.0571. The first-order chi connectivity index (χ1) is 12.9. The summed E-state index contributed by atoms with van der Waals surface area (Å²) in [5.41, 5.74) is 4.28. The molecule has 0 heterocycles. The van der Waals surface area contributed by atoms with E-state index in [-0.39, 0.29) is 11.9 Å². The van der Waals surface area contributed by atoms with Gasteiger partial charge in [-0.15, -0.1) is 0 Å². The Morgan fingerprint density at radius 1 is 0.963 bits per heavy atom. The molecule has 0 aliphatic heterocycles. The highest BCUT2D eigenvalue weighted by Crippen LogP contribution is 2.25. The molecule has 4 nitrogen and oxygen atoms in total. The van der Waals surface area contributed by atoms with E-state index in [0.29, 0.717) is 6.42 Å². The Hall–Kier alpha value is -2.49. The maximum atomic E-state index is 12.9. The van der Waals surface area contributed by atoms with E-state index in [2.05, 4.69) is 18.3 Å². The quantitative estimate of drug-likeness (QED) is 0.709. The van der Waals surface area contributed by atoms with E-state index < -0.39 is 6.10 Å². The number of methoxy groups -OCH3 is 1. The van der Waals surface area contributed by atoms with Crippen LogP contribution < -0.4 is 14.8 Å². The van der Waals surface area contributed by atoms with Gasteiger partial charge in [0.15, 0.2) is 6.10 Å². The van der Waals surface area contributed by atoms with Crippen molar-refractivity contribution in [1.29, 1.82) is 0 Å². The van der Waals surface area contributed by atoms with E-state index in [1.54, 1.807) is 7.11 Å². The molecule has 27 heavy (non-hydrogen) atoms. The van der Waals surface area contributed by atoms with Crippen molar-refractivity contribution in [2.24, 2.45) is 0 Å². The maximum Gasteiger partial charge on any atom is 0.261 e. The van der Waals surface area contributed by atoms with Crippen molar-refractivity contribution in [3.63, 3.8) is 0 Å². The fourth-order valence-electron chi connectivity index (χ4n) is 3.11. The summed E-state index contributed by atoms with van der Waals surface area (Å²) in [4.78, 5) is 12.9. The van der Waals surface area contributed by atoms with Crippen molar-refractivity contribution in [2.45, 2.75) is 59.6 Å². The molecule has 0 aromatic heterocycles. The normalized spacial score (nSPS) is 13.0. The SMILES string of the molecule is CCC(Oc1cc(C)ccc1C)C(=O)NC(CC)c1ccc(OC)c(C)c1. The van der Waals surface area contributed by atoms with Gasteiger partial charge in [0.2, 0.25) is 0 Å². The van der Waals surface area contributed by atoms with E-state index >= 15 is 0 Å². The summed E-state index contributed by atoms with van der Waals surface area (Å²) in [7, 11) is 1.66. The summed E-state index contributed by atoms with van der Waals surface area (Å²) in [6.45, 7) is 10.1. The minimum Gasteiger partial charge on any atom is -0.496 e. The van der Waals surface area contributed by atoms with Gasteiger partial charge in [-0.2, -0.15) is 0 Å². The number of aryl methyl sites for hydroxylation is 3. The van der Waals surface area contributed by atoms with Crippen LogP contribution in [0.2, 0.25) is 0 Å². The molecular formula is C23H31NO3. The zero-order valence-corrected chi connectivity index (χ0v) is 17.3. The molecule has 1 amide bonds. The van der Waals surface area contributed by atoms with Crippen LogP contribution in [0.1, 0.15) is 55.0 Å². The zero-order chi connectivity index (χ0) is 20.0. The number of benzene rings is 2. The number of ether oxygens (including phenoxy) is 2. The molecule has 0 bridgehead atoms. The number of nitrogens with one attached hydrogen (secondary N) is 1.